The van der Waals surface area contributed by atoms with Crippen LogP contribution in [-0.2, 0) is 53.3 Å². The van der Waals surface area contributed by atoms with Gasteiger partial charge in [0.15, 0.2) is 0 Å². The third-order valence-electron chi connectivity index (χ3n) is 21.0. The van der Waals surface area contributed by atoms with Crippen molar-refractivity contribution < 1.29 is 55.7 Å². The highest BCUT2D eigenvalue weighted by atomic mass is 35.5. The Morgan fingerprint density at radius 1 is 0.584 bits per heavy atom. The molecule has 0 unspecified atom stereocenters. The van der Waals surface area contributed by atoms with Gasteiger partial charge in [0.2, 0.25) is 20.0 Å². The Kier molecular flexibility index (Phi) is 19.7. The molecule has 4 bridgehead atoms. The fourth-order valence-corrected chi connectivity index (χ4v) is 18.2. The van der Waals surface area contributed by atoms with E-state index in [1.165, 1.54) is 22.3 Å². The number of fused-ring (bicyclic) bond motifs is 8. The summed E-state index contributed by atoms with van der Waals surface area (Å²) in [4.78, 5) is 55.0. The first kappa shape index (κ1) is 65.9. The largest absolute Gasteiger partial charge is 0.490 e. The Morgan fingerprint density at radius 2 is 0.989 bits per heavy atom. The molecule has 2 saturated carbocycles. The van der Waals surface area contributed by atoms with Gasteiger partial charge in [0, 0.05) is 58.2 Å². The van der Waals surface area contributed by atoms with Crippen molar-refractivity contribution in [3.05, 3.63) is 141 Å². The quantitative estimate of drug-likeness (QED) is 0.140. The molecule has 4 aromatic carbocycles. The van der Waals surface area contributed by atoms with E-state index >= 15 is 0 Å². The van der Waals surface area contributed by atoms with E-state index in [4.69, 9.17) is 32.7 Å². The highest BCUT2D eigenvalue weighted by molar-refractivity contribution is 7.91. The Labute approximate surface area is 535 Å². The van der Waals surface area contributed by atoms with Crippen LogP contribution in [0, 0.1) is 47.3 Å². The average molecular weight is 1300 g/mol. The standard InChI is InChI=1S/2C34H41ClN2O6S.CH4/c2*1-21-14-23(15-32(38)39)5-6-24-7-8-27(24)18-37-19-34(13-3-4-25-16-28(35)10-11-29(25)34)20-43-31-12-9-26(17-30(31)37)33(40)36-44(41,42)22(21)2;/h2*5-6,9-12,16-17,21-24,27H,3-4,7-8,13-15,18-20H2,1-2H3,(H,36,40)(H,38,39);1H4/b2*6-5+;/t21-,22+,23+,24+,27-,34-;21-,22+,23-,24+,27-,34-;/m00./s1. The lowest BCUT2D eigenvalue weighted by molar-refractivity contribution is -0.138. The molecule has 4 aliphatic heterocycles. The van der Waals surface area contributed by atoms with Gasteiger partial charge in [-0.05, 0) is 221 Å². The van der Waals surface area contributed by atoms with Crippen LogP contribution in [0.1, 0.15) is 155 Å². The molecule has 0 aromatic heterocycles. The monoisotopic (exact) mass is 1300 g/mol. The highest BCUT2D eigenvalue weighted by Crippen LogP contribution is 2.49. The number of nitrogens with one attached hydrogen (secondary N) is 2. The van der Waals surface area contributed by atoms with Gasteiger partial charge in [0.25, 0.3) is 11.8 Å². The zero-order chi connectivity index (χ0) is 62.5. The number of nitrogens with zero attached hydrogens (tertiary/aromatic N) is 2. The first-order chi connectivity index (χ1) is 41.9. The van der Waals surface area contributed by atoms with Crippen molar-refractivity contribution in [3.8, 4) is 11.5 Å². The van der Waals surface area contributed by atoms with Crippen molar-refractivity contribution in [2.45, 2.75) is 146 Å². The predicted octanol–water partition coefficient (Wildman–Crippen LogP) is 12.6. The molecule has 2 spiro atoms. The number of aliphatic carboxylic acids is 2. The number of aryl methyl sites for hydroxylation is 2. The fourth-order valence-electron chi connectivity index (χ4n) is 15.2. The molecule has 12 rings (SSSR count). The van der Waals surface area contributed by atoms with Crippen molar-refractivity contribution in [1.82, 2.24) is 9.44 Å². The number of carboxylic acid groups (broad SMARTS) is 2. The number of rotatable bonds is 4. The van der Waals surface area contributed by atoms with Crippen LogP contribution in [0.15, 0.2) is 97.1 Å². The number of amides is 2. The zero-order valence-electron chi connectivity index (χ0n) is 50.6. The van der Waals surface area contributed by atoms with Crippen LogP contribution in [0.2, 0.25) is 10.0 Å². The van der Waals surface area contributed by atoms with Crippen LogP contribution in [0.5, 0.6) is 11.5 Å². The van der Waals surface area contributed by atoms with Crippen LogP contribution >= 0.6 is 23.2 Å². The second-order valence-electron chi connectivity index (χ2n) is 26.9. The summed E-state index contributed by atoms with van der Waals surface area (Å²) in [5.74, 6) is -1.85. The fraction of sp³-hybridized carbons (Fsp3) is 0.536. The summed E-state index contributed by atoms with van der Waals surface area (Å²) in [5.41, 5.74) is 6.56. The Bertz CT molecular complexity index is 3420. The lowest BCUT2D eigenvalue weighted by Gasteiger charge is -2.44. The van der Waals surface area contributed by atoms with Gasteiger partial charge in [0.05, 0.1) is 47.9 Å². The third kappa shape index (κ3) is 14.2. The van der Waals surface area contributed by atoms with E-state index in [1.54, 1.807) is 64.1 Å². The molecule has 89 heavy (non-hydrogen) atoms. The maximum absolute atomic E-state index is 13.4. The van der Waals surface area contributed by atoms with E-state index in [0.29, 0.717) is 74.3 Å². The van der Waals surface area contributed by atoms with Crippen molar-refractivity contribution in [1.29, 1.82) is 0 Å². The molecular formula is C69H86Cl2N4O12S2. The number of carbonyl (C=O) groups excluding carboxylic acids is 2. The number of hydrogen-bond donors (Lipinski definition) is 4. The summed E-state index contributed by atoms with van der Waals surface area (Å²) in [5, 5.41) is 18.9. The number of hydrogen-bond acceptors (Lipinski definition) is 12. The Morgan fingerprint density at radius 3 is 1.36 bits per heavy atom. The van der Waals surface area contributed by atoms with Gasteiger partial charge in [-0.2, -0.15) is 0 Å². The Balaban J connectivity index is 0.000000194. The molecule has 12 atom stereocenters. The number of anilines is 2. The molecule has 4 aliphatic carbocycles. The van der Waals surface area contributed by atoms with E-state index < -0.39 is 54.3 Å². The smallest absolute Gasteiger partial charge is 0.303 e. The second kappa shape index (κ2) is 26.6. The number of allylic oxidation sites excluding steroid dienone is 4. The second-order valence-corrected chi connectivity index (χ2v) is 31.8. The maximum atomic E-state index is 13.4. The molecule has 480 valence electrons. The molecule has 20 heteroatoms. The number of carbonyl (C=O) groups is 4. The van der Waals surface area contributed by atoms with E-state index in [-0.39, 0.29) is 65.9 Å². The predicted molar refractivity (Wildman–Crippen MR) is 349 cm³/mol. The molecule has 0 radical (unpaired) electrons. The number of carboxylic acids is 2. The van der Waals surface area contributed by atoms with E-state index in [0.717, 1.165) is 98.7 Å². The van der Waals surface area contributed by atoms with Crippen molar-refractivity contribution in [2.75, 3.05) is 49.2 Å². The molecular weight excluding hydrogens is 1210 g/mol. The SMILES string of the molecule is C.C[C@@H]1[C@@H](C)C[C@@H](CC(=O)O)/C=C/[C@@H]2CC[C@H]2CN2C[C@@]3(CCCc4cc(Cl)ccc43)COc3ccc(cc32)C(=O)NS1(=O)=O.C[C@@H]1[C@@H](C)C[C@H](CC(=O)O)/C=C/[C@@H]2CC[C@H]2CN2C[C@@]3(CCCc4cc(Cl)ccc43)COc3ccc(cc32)C(=O)NS1(=O)=O. The molecule has 0 saturated heterocycles. The summed E-state index contributed by atoms with van der Waals surface area (Å²) < 4.78 is 71.0. The van der Waals surface area contributed by atoms with Crippen molar-refractivity contribution in [2.24, 2.45) is 47.3 Å². The minimum absolute atomic E-state index is 0. The van der Waals surface area contributed by atoms with Crippen LogP contribution in [-0.4, -0.2) is 101 Å². The number of halogens is 2. The molecule has 4 aromatic rings. The van der Waals surface area contributed by atoms with E-state index in [2.05, 4.69) is 55.7 Å². The van der Waals surface area contributed by atoms with Crippen LogP contribution in [0.4, 0.5) is 11.4 Å². The summed E-state index contributed by atoms with van der Waals surface area (Å²) in [6.07, 6.45) is 19.0. The van der Waals surface area contributed by atoms with Gasteiger partial charge in [-0.3, -0.25) is 19.2 Å². The van der Waals surface area contributed by atoms with Crippen LogP contribution in [0.3, 0.4) is 0 Å². The van der Waals surface area contributed by atoms with Gasteiger partial charge in [0.1, 0.15) is 11.5 Å². The lowest BCUT2D eigenvalue weighted by Crippen LogP contribution is -2.48. The van der Waals surface area contributed by atoms with Gasteiger partial charge in [-0.1, -0.05) is 80.9 Å². The summed E-state index contributed by atoms with van der Waals surface area (Å²) >= 11 is 12.8. The minimum Gasteiger partial charge on any atom is -0.490 e. The van der Waals surface area contributed by atoms with Crippen LogP contribution < -0.4 is 28.7 Å². The molecule has 8 aliphatic rings. The minimum atomic E-state index is -4.02. The third-order valence-corrected chi connectivity index (χ3v) is 25.3. The molecule has 4 N–H and O–H groups in total. The first-order valence-corrected chi connectivity index (χ1v) is 35.3. The first-order valence-electron chi connectivity index (χ1n) is 31.4. The molecule has 16 nitrogen and oxygen atoms in total. The number of ether oxygens (including phenoxy) is 2. The van der Waals surface area contributed by atoms with Crippen molar-refractivity contribution >= 4 is 78.4 Å². The molecule has 2 fully saturated rings. The van der Waals surface area contributed by atoms with Gasteiger partial charge in [-0.15, -0.1) is 0 Å². The average Bonchev–Trinajstić information content (AvgIpc) is 1.94. The topological polar surface area (TPSA) is 226 Å². The highest BCUT2D eigenvalue weighted by Gasteiger charge is 2.46. The summed E-state index contributed by atoms with van der Waals surface area (Å²) in [6.45, 7) is 10.6. The number of sulfonamides is 2. The number of benzene rings is 4. The summed E-state index contributed by atoms with van der Waals surface area (Å²) in [7, 11) is -8.05. The van der Waals surface area contributed by atoms with Crippen molar-refractivity contribution in [3.63, 3.8) is 0 Å². The summed E-state index contributed by atoms with van der Waals surface area (Å²) in [6, 6.07) is 22.7. The normalized spacial score (nSPS) is 31.8. The Hall–Kier alpha value is -6.08. The zero-order valence-corrected chi connectivity index (χ0v) is 53.7. The van der Waals surface area contributed by atoms with Gasteiger partial charge < -0.3 is 29.5 Å². The van der Waals surface area contributed by atoms with Gasteiger partial charge in [-0.25, -0.2) is 26.3 Å². The van der Waals surface area contributed by atoms with E-state index in [1.807, 2.05) is 24.3 Å². The van der Waals surface area contributed by atoms with Crippen LogP contribution in [0.25, 0.3) is 0 Å². The molecule has 2 amide bonds. The van der Waals surface area contributed by atoms with Gasteiger partial charge >= 0.3 is 11.9 Å². The molecule has 4 heterocycles. The lowest BCUT2D eigenvalue weighted by atomic mass is 9.69. The van der Waals surface area contributed by atoms with E-state index in [9.17, 15) is 46.2 Å². The maximum Gasteiger partial charge on any atom is 0.303 e.